The number of thiazole rings is 1. The van der Waals surface area contributed by atoms with Crippen molar-refractivity contribution in [2.75, 3.05) is 11.9 Å². The molecule has 0 spiro atoms. The van der Waals surface area contributed by atoms with Gasteiger partial charge in [0.05, 0.1) is 16.3 Å². The zero-order valence-electron chi connectivity index (χ0n) is 14.7. The van der Waals surface area contributed by atoms with Crippen LogP contribution in [0.4, 0.5) is 13.9 Å². The predicted octanol–water partition coefficient (Wildman–Crippen LogP) is 4.89. The molecule has 0 saturated carbocycles. The summed E-state index contributed by atoms with van der Waals surface area (Å²) in [6.45, 7) is 2.49. The Bertz CT molecular complexity index is 1030. The Morgan fingerprint density at radius 3 is 2.75 bits per heavy atom. The van der Waals surface area contributed by atoms with Crippen LogP contribution in [0.3, 0.4) is 0 Å². The van der Waals surface area contributed by atoms with Crippen LogP contribution in [0.25, 0.3) is 0 Å². The van der Waals surface area contributed by atoms with Gasteiger partial charge in [0.2, 0.25) is 0 Å². The molecular formula is C20H16ClF2N3OS. The molecule has 0 atom stereocenters. The molecule has 0 saturated heterocycles. The lowest BCUT2D eigenvalue weighted by Gasteiger charge is -2.25. The summed E-state index contributed by atoms with van der Waals surface area (Å²) in [5.41, 5.74) is 2.08. The Labute approximate surface area is 169 Å². The maximum absolute atomic E-state index is 13.4. The van der Waals surface area contributed by atoms with Crippen LogP contribution < -0.4 is 5.32 Å². The van der Waals surface area contributed by atoms with E-state index in [1.165, 1.54) is 16.9 Å². The SMILES string of the molecule is O=C(Nc1nc2c(s1)CN(Cc1ccccc1)CC2)c1cc(F)c(F)cc1Cl. The molecule has 4 nitrogen and oxygen atoms in total. The van der Waals surface area contributed by atoms with E-state index >= 15 is 0 Å². The van der Waals surface area contributed by atoms with Gasteiger partial charge in [-0.25, -0.2) is 13.8 Å². The first-order valence-corrected chi connectivity index (χ1v) is 9.90. The van der Waals surface area contributed by atoms with Crippen molar-refractivity contribution in [1.29, 1.82) is 0 Å². The summed E-state index contributed by atoms with van der Waals surface area (Å²) in [6.07, 6.45) is 0.792. The lowest BCUT2D eigenvalue weighted by molar-refractivity contribution is 0.102. The third-order valence-electron chi connectivity index (χ3n) is 4.53. The van der Waals surface area contributed by atoms with E-state index in [0.29, 0.717) is 5.13 Å². The highest BCUT2D eigenvalue weighted by molar-refractivity contribution is 7.15. The van der Waals surface area contributed by atoms with Crippen molar-refractivity contribution in [2.24, 2.45) is 0 Å². The molecule has 1 aliphatic heterocycles. The normalized spacial score (nSPS) is 14.0. The summed E-state index contributed by atoms with van der Waals surface area (Å²) in [6, 6.07) is 11.8. The number of aromatic nitrogens is 1. The van der Waals surface area contributed by atoms with Crippen LogP contribution in [0.15, 0.2) is 42.5 Å². The van der Waals surface area contributed by atoms with Crippen molar-refractivity contribution in [3.8, 4) is 0 Å². The topological polar surface area (TPSA) is 45.2 Å². The van der Waals surface area contributed by atoms with Crippen LogP contribution in [0.1, 0.15) is 26.5 Å². The largest absolute Gasteiger partial charge is 0.298 e. The number of amides is 1. The number of fused-ring (bicyclic) bond motifs is 1. The molecule has 1 aliphatic rings. The molecule has 0 bridgehead atoms. The Hall–Kier alpha value is -2.35. The molecule has 1 aromatic heterocycles. The average molecular weight is 420 g/mol. The molecule has 2 aromatic carbocycles. The Balaban J connectivity index is 1.46. The minimum absolute atomic E-state index is 0.126. The number of benzene rings is 2. The number of rotatable bonds is 4. The van der Waals surface area contributed by atoms with Gasteiger partial charge >= 0.3 is 0 Å². The lowest BCUT2D eigenvalue weighted by Crippen LogP contribution is -2.29. The van der Waals surface area contributed by atoms with Crippen LogP contribution in [0.5, 0.6) is 0 Å². The van der Waals surface area contributed by atoms with Crippen molar-refractivity contribution in [3.05, 3.63) is 80.8 Å². The third kappa shape index (κ3) is 4.06. The second-order valence-electron chi connectivity index (χ2n) is 6.54. The van der Waals surface area contributed by atoms with Crippen molar-refractivity contribution in [3.63, 3.8) is 0 Å². The van der Waals surface area contributed by atoms with Crippen molar-refractivity contribution in [1.82, 2.24) is 9.88 Å². The zero-order chi connectivity index (χ0) is 19.7. The van der Waals surface area contributed by atoms with Crippen LogP contribution >= 0.6 is 22.9 Å². The van der Waals surface area contributed by atoms with E-state index in [9.17, 15) is 13.6 Å². The lowest BCUT2D eigenvalue weighted by atomic mass is 10.1. The summed E-state index contributed by atoms with van der Waals surface area (Å²) >= 11 is 7.26. The number of hydrogen-bond acceptors (Lipinski definition) is 4. The molecule has 8 heteroatoms. The highest BCUT2D eigenvalue weighted by Crippen LogP contribution is 2.30. The van der Waals surface area contributed by atoms with Crippen LogP contribution in [0.2, 0.25) is 5.02 Å². The fraction of sp³-hybridized carbons (Fsp3) is 0.200. The summed E-state index contributed by atoms with van der Waals surface area (Å²) in [5, 5.41) is 2.93. The molecule has 28 heavy (non-hydrogen) atoms. The van der Waals surface area contributed by atoms with E-state index in [1.807, 2.05) is 18.2 Å². The van der Waals surface area contributed by atoms with Gasteiger partial charge in [0.1, 0.15) is 0 Å². The molecule has 0 radical (unpaired) electrons. The Kier molecular flexibility index (Phi) is 5.39. The highest BCUT2D eigenvalue weighted by atomic mass is 35.5. The standard InChI is InChI=1S/C20H16ClF2N3OS/c21-14-9-16(23)15(22)8-13(14)19(27)25-20-24-17-6-7-26(11-18(17)28-20)10-12-4-2-1-3-5-12/h1-5,8-9H,6-7,10-11H2,(H,24,25,27). The minimum Gasteiger partial charge on any atom is -0.298 e. The third-order valence-corrected chi connectivity index (χ3v) is 5.84. The molecule has 0 fully saturated rings. The zero-order valence-corrected chi connectivity index (χ0v) is 16.3. The first-order chi connectivity index (χ1) is 13.5. The maximum atomic E-state index is 13.4. The predicted molar refractivity (Wildman–Crippen MR) is 106 cm³/mol. The number of carbonyl (C=O) groups is 1. The first-order valence-electron chi connectivity index (χ1n) is 8.70. The molecular weight excluding hydrogens is 404 g/mol. The summed E-state index contributed by atoms with van der Waals surface area (Å²) < 4.78 is 26.6. The Morgan fingerprint density at radius 1 is 1.21 bits per heavy atom. The van der Waals surface area contributed by atoms with Gasteiger partial charge in [0.25, 0.3) is 5.91 Å². The van der Waals surface area contributed by atoms with Gasteiger partial charge in [-0.15, -0.1) is 11.3 Å². The van der Waals surface area contributed by atoms with E-state index in [4.69, 9.17) is 11.6 Å². The van der Waals surface area contributed by atoms with Gasteiger partial charge in [-0.1, -0.05) is 41.9 Å². The van der Waals surface area contributed by atoms with Gasteiger partial charge in [-0.3, -0.25) is 15.0 Å². The smallest absolute Gasteiger partial charge is 0.259 e. The van der Waals surface area contributed by atoms with Crippen molar-refractivity contribution < 1.29 is 13.6 Å². The summed E-state index contributed by atoms with van der Waals surface area (Å²) in [4.78, 5) is 20.3. The van der Waals surface area contributed by atoms with E-state index in [-0.39, 0.29) is 10.6 Å². The molecule has 4 rings (SSSR count). The second kappa shape index (κ2) is 7.95. The fourth-order valence-corrected chi connectivity index (χ4v) is 4.42. The molecule has 144 valence electrons. The first kappa shape index (κ1) is 19.0. The summed E-state index contributed by atoms with van der Waals surface area (Å²) in [7, 11) is 0. The average Bonchev–Trinajstić information content (AvgIpc) is 3.07. The van der Waals surface area contributed by atoms with Crippen LogP contribution in [-0.2, 0) is 19.5 Å². The number of nitrogens with one attached hydrogen (secondary N) is 1. The van der Waals surface area contributed by atoms with E-state index < -0.39 is 17.5 Å². The highest BCUT2D eigenvalue weighted by Gasteiger charge is 2.22. The molecule has 1 N–H and O–H groups in total. The van der Waals surface area contributed by atoms with E-state index in [1.54, 1.807) is 0 Å². The number of halogens is 3. The van der Waals surface area contributed by atoms with Gasteiger partial charge in [-0.05, 0) is 17.7 Å². The van der Waals surface area contributed by atoms with Gasteiger partial charge in [-0.2, -0.15) is 0 Å². The molecule has 0 unspecified atom stereocenters. The molecule has 1 amide bonds. The van der Waals surface area contributed by atoms with Crippen LogP contribution in [0, 0.1) is 11.6 Å². The van der Waals surface area contributed by atoms with Crippen molar-refractivity contribution in [2.45, 2.75) is 19.5 Å². The number of nitrogens with zero attached hydrogens (tertiary/aromatic N) is 2. The number of carbonyl (C=O) groups excluding carboxylic acids is 1. The van der Waals surface area contributed by atoms with E-state index in [0.717, 1.165) is 48.8 Å². The van der Waals surface area contributed by atoms with Gasteiger partial charge in [0.15, 0.2) is 16.8 Å². The quantitative estimate of drug-likeness (QED) is 0.613. The van der Waals surface area contributed by atoms with Gasteiger partial charge in [0, 0.05) is 30.9 Å². The van der Waals surface area contributed by atoms with Gasteiger partial charge < -0.3 is 0 Å². The Morgan fingerprint density at radius 2 is 1.96 bits per heavy atom. The number of anilines is 1. The van der Waals surface area contributed by atoms with Crippen LogP contribution in [-0.4, -0.2) is 22.3 Å². The summed E-state index contributed by atoms with van der Waals surface area (Å²) in [5.74, 6) is -2.83. The molecule has 2 heterocycles. The number of hydrogen-bond donors (Lipinski definition) is 1. The van der Waals surface area contributed by atoms with E-state index in [2.05, 4.69) is 27.3 Å². The monoisotopic (exact) mass is 419 g/mol. The molecule has 0 aliphatic carbocycles. The fourth-order valence-electron chi connectivity index (χ4n) is 3.14. The van der Waals surface area contributed by atoms with Crippen molar-refractivity contribution >= 4 is 34.0 Å². The maximum Gasteiger partial charge on any atom is 0.259 e. The minimum atomic E-state index is -1.12. The molecule has 3 aromatic rings. The second-order valence-corrected chi connectivity index (χ2v) is 8.03.